The molecular formula is C19H42N5+. The number of hydrogen-bond donors (Lipinski definition) is 2. The minimum absolute atomic E-state index is 0.109. The van der Waals surface area contributed by atoms with Crippen molar-refractivity contribution < 1.29 is 4.48 Å². The summed E-state index contributed by atoms with van der Waals surface area (Å²) in [5, 5.41) is 0. The number of aliphatic imine (C=N–C) groups is 1. The fourth-order valence-electron chi connectivity index (χ4n) is 3.76. The largest absolute Gasteiger partial charge is 0.369 e. The minimum atomic E-state index is -0.269. The van der Waals surface area contributed by atoms with E-state index < -0.39 is 0 Å². The highest BCUT2D eigenvalue weighted by atomic mass is 15.6. The maximum absolute atomic E-state index is 6.64. The summed E-state index contributed by atoms with van der Waals surface area (Å²) < 4.78 is 0.723. The molecule has 24 heavy (non-hydrogen) atoms. The predicted octanol–water partition coefficient (Wildman–Crippen LogP) is 3.59. The first-order valence-corrected chi connectivity index (χ1v) is 10.0. The summed E-state index contributed by atoms with van der Waals surface area (Å²) in [4.78, 5) is 6.90. The Labute approximate surface area is 150 Å². The molecule has 0 spiro atoms. The average molecular weight is 341 g/mol. The zero-order valence-electron chi connectivity index (χ0n) is 16.9. The van der Waals surface area contributed by atoms with Gasteiger partial charge >= 0.3 is 0 Å². The number of guanidine groups is 1. The molecule has 0 bridgehead atoms. The Morgan fingerprint density at radius 3 is 2.08 bits per heavy atom. The van der Waals surface area contributed by atoms with E-state index in [1.807, 2.05) is 0 Å². The SMILES string of the molecule is CCCCCCCCCCN1C(N)=NC(C)(C)[N+](C)(CCC)C1N. The topological polar surface area (TPSA) is 67.6 Å². The quantitative estimate of drug-likeness (QED) is 0.446. The number of rotatable bonds is 11. The molecule has 0 aromatic rings. The van der Waals surface area contributed by atoms with Crippen LogP contribution >= 0.6 is 0 Å². The molecule has 1 aliphatic heterocycles. The molecule has 2 atom stereocenters. The third kappa shape index (κ3) is 5.09. The lowest BCUT2D eigenvalue weighted by Gasteiger charge is -2.54. The number of hydrogen-bond acceptors (Lipinski definition) is 4. The van der Waals surface area contributed by atoms with Gasteiger partial charge in [-0.25, -0.2) is 0 Å². The Balaban J connectivity index is 2.50. The van der Waals surface area contributed by atoms with Crippen molar-refractivity contribution in [2.75, 3.05) is 20.1 Å². The first-order chi connectivity index (χ1) is 11.3. The van der Waals surface area contributed by atoms with E-state index in [1.165, 1.54) is 44.9 Å². The Bertz CT molecular complexity index is 393. The molecule has 0 radical (unpaired) electrons. The molecule has 1 heterocycles. The van der Waals surface area contributed by atoms with Crippen LogP contribution in [0.2, 0.25) is 0 Å². The second-order valence-electron chi connectivity index (χ2n) is 8.04. The molecule has 5 heteroatoms. The molecular weight excluding hydrogens is 298 g/mol. The van der Waals surface area contributed by atoms with Crippen LogP contribution in [0.5, 0.6) is 0 Å². The number of unbranched alkanes of at least 4 members (excludes halogenated alkanes) is 7. The number of nitrogens with two attached hydrogens (primary N) is 2. The van der Waals surface area contributed by atoms with Gasteiger partial charge in [0.1, 0.15) is 0 Å². The summed E-state index contributed by atoms with van der Waals surface area (Å²) in [5.41, 5.74) is 12.6. The molecule has 5 nitrogen and oxygen atoms in total. The lowest BCUT2D eigenvalue weighted by molar-refractivity contribution is -0.987. The van der Waals surface area contributed by atoms with E-state index in [2.05, 4.69) is 39.6 Å². The number of quaternary nitrogens is 1. The smallest absolute Gasteiger partial charge is 0.224 e. The summed E-state index contributed by atoms with van der Waals surface area (Å²) in [5.74, 6) is 0.613. The van der Waals surface area contributed by atoms with Gasteiger partial charge in [0.2, 0.25) is 12.2 Å². The van der Waals surface area contributed by atoms with Gasteiger partial charge < -0.3 is 5.73 Å². The molecule has 0 aromatic heterocycles. The van der Waals surface area contributed by atoms with Crippen LogP contribution in [-0.2, 0) is 0 Å². The van der Waals surface area contributed by atoms with Gasteiger partial charge in [-0.15, -0.1) is 0 Å². The van der Waals surface area contributed by atoms with Crippen LogP contribution in [0, 0.1) is 0 Å². The lowest BCUT2D eigenvalue weighted by Crippen LogP contribution is -2.76. The van der Waals surface area contributed by atoms with Crippen molar-refractivity contribution in [3.8, 4) is 0 Å². The third-order valence-electron chi connectivity index (χ3n) is 5.78. The van der Waals surface area contributed by atoms with Crippen LogP contribution in [-0.4, -0.2) is 47.4 Å². The molecule has 0 amide bonds. The van der Waals surface area contributed by atoms with E-state index in [0.717, 1.165) is 30.4 Å². The van der Waals surface area contributed by atoms with Gasteiger partial charge in [0.25, 0.3) is 0 Å². The predicted molar refractivity (Wildman–Crippen MR) is 104 cm³/mol. The van der Waals surface area contributed by atoms with Crippen molar-refractivity contribution in [2.24, 2.45) is 16.5 Å². The summed E-state index contributed by atoms with van der Waals surface area (Å²) in [6.45, 7) is 10.7. The van der Waals surface area contributed by atoms with Gasteiger partial charge in [0, 0.05) is 20.4 Å². The maximum atomic E-state index is 6.64. The van der Waals surface area contributed by atoms with Crippen LogP contribution in [0.3, 0.4) is 0 Å². The molecule has 2 unspecified atom stereocenters. The molecule has 0 saturated carbocycles. The minimum Gasteiger partial charge on any atom is -0.369 e. The Hall–Kier alpha value is -0.810. The van der Waals surface area contributed by atoms with Crippen LogP contribution in [0.25, 0.3) is 0 Å². The molecule has 1 aliphatic rings. The second kappa shape index (κ2) is 9.62. The fourth-order valence-corrected chi connectivity index (χ4v) is 3.76. The maximum Gasteiger partial charge on any atom is 0.224 e. The van der Waals surface area contributed by atoms with Crippen molar-refractivity contribution in [2.45, 2.75) is 97.4 Å². The molecule has 4 N–H and O–H groups in total. The van der Waals surface area contributed by atoms with E-state index in [1.54, 1.807) is 0 Å². The Morgan fingerprint density at radius 2 is 1.54 bits per heavy atom. The van der Waals surface area contributed by atoms with Gasteiger partial charge in [0.05, 0.1) is 13.6 Å². The highest BCUT2D eigenvalue weighted by Crippen LogP contribution is 2.32. The van der Waals surface area contributed by atoms with Crippen molar-refractivity contribution in [3.63, 3.8) is 0 Å². The Kier molecular flexibility index (Phi) is 8.51. The van der Waals surface area contributed by atoms with Crippen molar-refractivity contribution in [1.29, 1.82) is 0 Å². The zero-order chi connectivity index (χ0) is 18.2. The van der Waals surface area contributed by atoms with Crippen molar-refractivity contribution in [1.82, 2.24) is 4.90 Å². The van der Waals surface area contributed by atoms with E-state index in [-0.39, 0.29) is 12.0 Å². The van der Waals surface area contributed by atoms with Crippen LogP contribution in [0.15, 0.2) is 4.99 Å². The van der Waals surface area contributed by atoms with Crippen LogP contribution < -0.4 is 11.5 Å². The van der Waals surface area contributed by atoms with Crippen molar-refractivity contribution in [3.05, 3.63) is 0 Å². The Morgan fingerprint density at radius 1 is 1.00 bits per heavy atom. The lowest BCUT2D eigenvalue weighted by atomic mass is 10.1. The fraction of sp³-hybridized carbons (Fsp3) is 0.947. The molecule has 0 aliphatic carbocycles. The summed E-state index contributed by atoms with van der Waals surface area (Å²) in [7, 11) is 2.21. The summed E-state index contributed by atoms with van der Waals surface area (Å²) in [6.07, 6.45) is 11.5. The second-order valence-corrected chi connectivity index (χ2v) is 8.04. The van der Waals surface area contributed by atoms with Crippen LogP contribution in [0.1, 0.15) is 85.5 Å². The number of nitrogens with zero attached hydrogens (tertiary/aromatic N) is 3. The molecule has 142 valence electrons. The van der Waals surface area contributed by atoms with E-state index in [9.17, 15) is 0 Å². The highest BCUT2D eigenvalue weighted by Gasteiger charge is 2.50. The summed E-state index contributed by atoms with van der Waals surface area (Å²) in [6, 6.07) is 0. The first-order valence-electron chi connectivity index (χ1n) is 10.0. The van der Waals surface area contributed by atoms with Gasteiger partial charge in [-0.1, -0.05) is 58.8 Å². The van der Waals surface area contributed by atoms with Crippen LogP contribution in [0.4, 0.5) is 0 Å². The normalized spacial score (nSPS) is 26.5. The molecule has 0 aromatic carbocycles. The average Bonchev–Trinajstić information content (AvgIpc) is 2.51. The third-order valence-corrected chi connectivity index (χ3v) is 5.78. The highest BCUT2D eigenvalue weighted by molar-refractivity contribution is 5.79. The van der Waals surface area contributed by atoms with Gasteiger partial charge in [0.15, 0.2) is 5.66 Å². The van der Waals surface area contributed by atoms with Gasteiger partial charge in [-0.3, -0.25) is 15.1 Å². The zero-order valence-corrected chi connectivity index (χ0v) is 16.9. The van der Waals surface area contributed by atoms with E-state index in [0.29, 0.717) is 5.96 Å². The first kappa shape index (κ1) is 21.2. The standard InChI is InChI=1S/C19H42N5/c1-6-8-9-10-11-12-13-14-15-23-17(20)22-19(3,4)24(5,16-7-2)18(23)21/h18H,6-16,21H2,1-5H3,(H2,20,22)/q+1. The molecule has 0 fully saturated rings. The molecule has 0 saturated heterocycles. The monoisotopic (exact) mass is 340 g/mol. The van der Waals surface area contributed by atoms with Gasteiger partial charge in [-0.05, 0) is 12.8 Å². The molecule has 1 rings (SSSR count). The van der Waals surface area contributed by atoms with Crippen molar-refractivity contribution >= 4 is 5.96 Å². The van der Waals surface area contributed by atoms with E-state index in [4.69, 9.17) is 16.5 Å². The van der Waals surface area contributed by atoms with Gasteiger partial charge in [-0.2, -0.15) is 4.99 Å². The summed E-state index contributed by atoms with van der Waals surface area (Å²) >= 11 is 0. The van der Waals surface area contributed by atoms with E-state index >= 15 is 0 Å².